The Bertz CT molecular complexity index is 627. The molecular formula is C13H15Cl2IN4. The average molecular weight is 425 g/mol. The van der Waals surface area contributed by atoms with E-state index < -0.39 is 0 Å². The summed E-state index contributed by atoms with van der Waals surface area (Å²) < 4.78 is 2.77. The van der Waals surface area contributed by atoms with Gasteiger partial charge in [-0.2, -0.15) is 5.10 Å². The lowest BCUT2D eigenvalue weighted by atomic mass is 10.00. The molecule has 1 aromatic heterocycles. The van der Waals surface area contributed by atoms with E-state index >= 15 is 0 Å². The maximum Gasteiger partial charge on any atom is 0.130 e. The molecule has 3 N–H and O–H groups in total. The maximum absolute atomic E-state index is 6.28. The smallest absolute Gasteiger partial charge is 0.130 e. The number of benzene rings is 1. The molecule has 1 aromatic carbocycles. The summed E-state index contributed by atoms with van der Waals surface area (Å²) in [4.78, 5) is 0. The Hall–Kier alpha value is -0.340. The van der Waals surface area contributed by atoms with Crippen LogP contribution in [-0.4, -0.2) is 9.78 Å². The number of halogens is 3. The molecule has 20 heavy (non-hydrogen) atoms. The van der Waals surface area contributed by atoms with Crippen LogP contribution in [0.1, 0.15) is 22.9 Å². The minimum atomic E-state index is -0.0685. The van der Waals surface area contributed by atoms with Crippen LogP contribution in [0.4, 0.5) is 0 Å². The number of nitrogens with zero attached hydrogens (tertiary/aromatic N) is 2. The zero-order chi connectivity index (χ0) is 14.9. The Morgan fingerprint density at radius 1 is 1.45 bits per heavy atom. The van der Waals surface area contributed by atoms with E-state index in [4.69, 9.17) is 29.0 Å². The molecule has 108 valence electrons. The summed E-state index contributed by atoms with van der Waals surface area (Å²) in [7, 11) is 1.83. The highest BCUT2D eigenvalue weighted by Gasteiger charge is 2.19. The van der Waals surface area contributed by atoms with Crippen molar-refractivity contribution in [3.8, 4) is 0 Å². The number of aromatic nitrogens is 2. The predicted octanol–water partition coefficient (Wildman–Crippen LogP) is 3.39. The standard InChI is InChI=1S/C13H15Cl2IN4/c1-7-9(13(15)20(2)19-7)6-12(18-17)10-5-8(14)3-4-11(10)16/h3-5,12,18H,6,17H2,1-2H3. The van der Waals surface area contributed by atoms with Crippen molar-refractivity contribution in [2.45, 2.75) is 19.4 Å². The molecule has 4 nitrogen and oxygen atoms in total. The Balaban J connectivity index is 2.36. The fourth-order valence-corrected chi connectivity index (χ4v) is 3.29. The summed E-state index contributed by atoms with van der Waals surface area (Å²) in [6.45, 7) is 1.94. The molecule has 0 saturated carbocycles. The van der Waals surface area contributed by atoms with Gasteiger partial charge < -0.3 is 0 Å². The van der Waals surface area contributed by atoms with Gasteiger partial charge in [0.1, 0.15) is 5.15 Å². The van der Waals surface area contributed by atoms with E-state index in [0.717, 1.165) is 20.4 Å². The zero-order valence-electron chi connectivity index (χ0n) is 11.1. The second-order valence-electron chi connectivity index (χ2n) is 4.57. The number of hydrogen-bond acceptors (Lipinski definition) is 3. The molecule has 0 amide bonds. The largest absolute Gasteiger partial charge is 0.271 e. The van der Waals surface area contributed by atoms with E-state index in [-0.39, 0.29) is 6.04 Å². The van der Waals surface area contributed by atoms with E-state index in [1.165, 1.54) is 0 Å². The van der Waals surface area contributed by atoms with Gasteiger partial charge >= 0.3 is 0 Å². The SMILES string of the molecule is Cc1nn(C)c(Cl)c1CC(NN)c1cc(Cl)ccc1I. The third-order valence-corrected chi connectivity index (χ3v) is 4.90. The van der Waals surface area contributed by atoms with Gasteiger partial charge in [-0.05, 0) is 59.7 Å². The molecule has 0 fully saturated rings. The Morgan fingerprint density at radius 2 is 2.15 bits per heavy atom. The van der Waals surface area contributed by atoms with Gasteiger partial charge in [0.15, 0.2) is 0 Å². The van der Waals surface area contributed by atoms with Gasteiger partial charge in [0.25, 0.3) is 0 Å². The Labute approximate surface area is 141 Å². The zero-order valence-corrected chi connectivity index (χ0v) is 14.8. The summed E-state index contributed by atoms with van der Waals surface area (Å²) in [5, 5.41) is 5.65. The summed E-state index contributed by atoms with van der Waals surface area (Å²) in [6.07, 6.45) is 0.658. The Kier molecular flexibility index (Phi) is 5.30. The van der Waals surface area contributed by atoms with Gasteiger partial charge in [-0.3, -0.25) is 16.0 Å². The van der Waals surface area contributed by atoms with Crippen LogP contribution in [0.25, 0.3) is 0 Å². The molecule has 2 aromatic rings. The van der Waals surface area contributed by atoms with E-state index in [1.807, 2.05) is 32.2 Å². The van der Waals surface area contributed by atoms with Crippen molar-refractivity contribution in [1.82, 2.24) is 15.2 Å². The van der Waals surface area contributed by atoms with Gasteiger partial charge in [-0.15, -0.1) is 0 Å². The van der Waals surface area contributed by atoms with E-state index in [0.29, 0.717) is 16.6 Å². The second kappa shape index (κ2) is 6.62. The van der Waals surface area contributed by atoms with Gasteiger partial charge in [-0.25, -0.2) is 0 Å². The van der Waals surface area contributed by atoms with Crippen molar-refractivity contribution >= 4 is 45.8 Å². The number of hydrazine groups is 1. The average Bonchev–Trinajstić information content (AvgIpc) is 2.65. The molecule has 2 rings (SSSR count). The van der Waals surface area contributed by atoms with Crippen LogP contribution in [0, 0.1) is 10.5 Å². The van der Waals surface area contributed by atoms with Gasteiger partial charge in [-0.1, -0.05) is 23.2 Å². The van der Waals surface area contributed by atoms with Crippen LogP contribution in [0.3, 0.4) is 0 Å². The van der Waals surface area contributed by atoms with Crippen molar-refractivity contribution in [2.24, 2.45) is 12.9 Å². The lowest BCUT2D eigenvalue weighted by Gasteiger charge is -2.18. The Morgan fingerprint density at radius 3 is 2.70 bits per heavy atom. The van der Waals surface area contributed by atoms with Crippen LogP contribution in [-0.2, 0) is 13.5 Å². The number of rotatable bonds is 4. The fourth-order valence-electron chi connectivity index (χ4n) is 2.15. The highest BCUT2D eigenvalue weighted by atomic mass is 127. The molecule has 0 saturated heterocycles. The van der Waals surface area contributed by atoms with E-state index in [1.54, 1.807) is 4.68 Å². The van der Waals surface area contributed by atoms with Crippen LogP contribution < -0.4 is 11.3 Å². The molecule has 0 aliphatic rings. The third kappa shape index (κ3) is 3.28. The number of aryl methyl sites for hydroxylation is 2. The summed E-state index contributed by atoms with van der Waals surface area (Å²) >= 11 is 14.6. The molecule has 7 heteroatoms. The van der Waals surface area contributed by atoms with E-state index in [9.17, 15) is 0 Å². The highest BCUT2D eigenvalue weighted by molar-refractivity contribution is 14.1. The molecule has 0 bridgehead atoms. The topological polar surface area (TPSA) is 55.9 Å². The maximum atomic E-state index is 6.28. The van der Waals surface area contributed by atoms with Crippen LogP contribution >= 0.6 is 45.8 Å². The van der Waals surface area contributed by atoms with Crippen molar-refractivity contribution in [3.05, 3.63) is 48.8 Å². The van der Waals surface area contributed by atoms with Crippen molar-refractivity contribution in [1.29, 1.82) is 0 Å². The van der Waals surface area contributed by atoms with Gasteiger partial charge in [0.05, 0.1) is 11.7 Å². The molecule has 1 heterocycles. The molecule has 0 aliphatic heterocycles. The van der Waals surface area contributed by atoms with E-state index in [2.05, 4.69) is 33.1 Å². The molecule has 0 spiro atoms. The normalized spacial score (nSPS) is 12.7. The summed E-state index contributed by atoms with van der Waals surface area (Å²) in [5.74, 6) is 5.71. The second-order valence-corrected chi connectivity index (χ2v) is 6.52. The molecule has 1 unspecified atom stereocenters. The minimum absolute atomic E-state index is 0.0685. The first-order chi connectivity index (χ1) is 9.43. The number of nitrogens with two attached hydrogens (primary N) is 1. The third-order valence-electron chi connectivity index (χ3n) is 3.21. The predicted molar refractivity (Wildman–Crippen MR) is 90.9 cm³/mol. The summed E-state index contributed by atoms with van der Waals surface area (Å²) in [6, 6.07) is 5.69. The highest BCUT2D eigenvalue weighted by Crippen LogP contribution is 2.29. The fraction of sp³-hybridized carbons (Fsp3) is 0.308. The lowest BCUT2D eigenvalue weighted by Crippen LogP contribution is -2.30. The monoisotopic (exact) mass is 424 g/mol. The van der Waals surface area contributed by atoms with Gasteiger partial charge in [0.2, 0.25) is 0 Å². The van der Waals surface area contributed by atoms with Crippen LogP contribution in [0.15, 0.2) is 18.2 Å². The molecule has 1 atom stereocenters. The first-order valence-electron chi connectivity index (χ1n) is 6.03. The molecular weight excluding hydrogens is 410 g/mol. The van der Waals surface area contributed by atoms with Crippen molar-refractivity contribution in [2.75, 3.05) is 0 Å². The number of hydrogen-bond donors (Lipinski definition) is 2. The van der Waals surface area contributed by atoms with Crippen molar-refractivity contribution < 1.29 is 0 Å². The number of nitrogens with one attached hydrogen (secondary N) is 1. The first-order valence-corrected chi connectivity index (χ1v) is 7.86. The quantitative estimate of drug-likeness (QED) is 0.449. The molecule has 0 radical (unpaired) electrons. The lowest BCUT2D eigenvalue weighted by molar-refractivity contribution is 0.548. The van der Waals surface area contributed by atoms with Crippen LogP contribution in [0.5, 0.6) is 0 Å². The van der Waals surface area contributed by atoms with Gasteiger partial charge in [0, 0.05) is 21.2 Å². The van der Waals surface area contributed by atoms with Crippen LogP contribution in [0.2, 0.25) is 10.2 Å². The summed E-state index contributed by atoms with van der Waals surface area (Å²) in [5.41, 5.74) is 5.80. The molecule has 0 aliphatic carbocycles. The van der Waals surface area contributed by atoms with Crippen molar-refractivity contribution in [3.63, 3.8) is 0 Å². The first kappa shape index (κ1) is 16.0. The minimum Gasteiger partial charge on any atom is -0.271 e.